The van der Waals surface area contributed by atoms with Crippen molar-refractivity contribution in [3.63, 3.8) is 0 Å². The van der Waals surface area contributed by atoms with Crippen LogP contribution in [0.1, 0.15) is 31.4 Å². The van der Waals surface area contributed by atoms with Gasteiger partial charge in [-0.1, -0.05) is 12.8 Å². The molecule has 0 saturated heterocycles. The van der Waals surface area contributed by atoms with Crippen molar-refractivity contribution in [2.45, 2.75) is 32.6 Å². The monoisotopic (exact) mass is 248 g/mol. The Kier molecular flexibility index (Phi) is 4.17. The highest BCUT2D eigenvalue weighted by Gasteiger charge is 2.34. The van der Waals surface area contributed by atoms with Crippen molar-refractivity contribution in [2.75, 3.05) is 32.5 Å². The highest BCUT2D eigenvalue weighted by molar-refractivity contribution is 5.34. The van der Waals surface area contributed by atoms with Gasteiger partial charge in [0.05, 0.1) is 0 Å². The van der Waals surface area contributed by atoms with Gasteiger partial charge in [0, 0.05) is 30.3 Å². The molecule has 0 amide bonds. The summed E-state index contributed by atoms with van der Waals surface area (Å²) in [5.74, 6) is 0.951. The van der Waals surface area contributed by atoms with Crippen LogP contribution in [0.5, 0.6) is 0 Å². The van der Waals surface area contributed by atoms with Gasteiger partial charge in [-0.15, -0.1) is 0 Å². The second-order valence-electron chi connectivity index (χ2n) is 5.84. The van der Waals surface area contributed by atoms with Gasteiger partial charge in [-0.3, -0.25) is 0 Å². The van der Waals surface area contributed by atoms with Crippen molar-refractivity contribution < 1.29 is 0 Å². The van der Waals surface area contributed by atoms with E-state index in [1.54, 1.807) is 6.33 Å². The first-order valence-electron chi connectivity index (χ1n) is 6.77. The fraction of sp³-hybridized carbons (Fsp3) is 0.714. The zero-order valence-corrected chi connectivity index (χ0v) is 11.7. The van der Waals surface area contributed by atoms with E-state index in [9.17, 15) is 0 Å². The summed E-state index contributed by atoms with van der Waals surface area (Å²) in [5, 5.41) is 3.50. The Bertz CT molecular complexity index is 383. The molecule has 1 N–H and O–H groups in total. The summed E-state index contributed by atoms with van der Waals surface area (Å²) >= 11 is 0. The standard InChI is InChI=1S/C14H24N4/c1-12-8-13(17-11-16-12)15-9-14(10-18(2)3)6-4-5-7-14/h8,11H,4-7,9-10H2,1-3H3,(H,15,16,17). The minimum atomic E-state index is 0.419. The molecule has 0 radical (unpaired) electrons. The summed E-state index contributed by atoms with van der Waals surface area (Å²) in [6, 6.07) is 2.01. The van der Waals surface area contributed by atoms with Crippen LogP contribution in [-0.2, 0) is 0 Å². The van der Waals surface area contributed by atoms with E-state index < -0.39 is 0 Å². The Labute approximate surface area is 110 Å². The molecule has 0 aromatic carbocycles. The molecule has 0 spiro atoms. The lowest BCUT2D eigenvalue weighted by atomic mass is 9.85. The summed E-state index contributed by atoms with van der Waals surface area (Å²) in [4.78, 5) is 10.7. The highest BCUT2D eigenvalue weighted by Crippen LogP contribution is 2.38. The van der Waals surface area contributed by atoms with Crippen LogP contribution in [0.25, 0.3) is 0 Å². The van der Waals surface area contributed by atoms with Crippen LogP contribution in [0.4, 0.5) is 5.82 Å². The highest BCUT2D eigenvalue weighted by atomic mass is 15.1. The molecule has 18 heavy (non-hydrogen) atoms. The number of anilines is 1. The summed E-state index contributed by atoms with van der Waals surface area (Å²) in [5.41, 5.74) is 1.43. The van der Waals surface area contributed by atoms with Gasteiger partial charge in [-0.2, -0.15) is 0 Å². The first-order valence-corrected chi connectivity index (χ1v) is 6.77. The van der Waals surface area contributed by atoms with E-state index >= 15 is 0 Å². The van der Waals surface area contributed by atoms with Gasteiger partial charge in [0.15, 0.2) is 0 Å². The second-order valence-corrected chi connectivity index (χ2v) is 5.84. The van der Waals surface area contributed by atoms with Crippen molar-refractivity contribution in [3.8, 4) is 0 Å². The average Bonchev–Trinajstić information content (AvgIpc) is 2.75. The molecule has 0 unspecified atom stereocenters. The van der Waals surface area contributed by atoms with E-state index in [4.69, 9.17) is 0 Å². The maximum atomic E-state index is 4.27. The minimum absolute atomic E-state index is 0.419. The topological polar surface area (TPSA) is 41.0 Å². The predicted octanol–water partition coefficient (Wildman–Crippen LogP) is 2.32. The number of hydrogen-bond acceptors (Lipinski definition) is 4. The molecule has 1 aliphatic carbocycles. The fourth-order valence-electron chi connectivity index (χ4n) is 3.02. The van der Waals surface area contributed by atoms with Crippen LogP contribution in [0.2, 0.25) is 0 Å². The molecule has 1 saturated carbocycles. The first kappa shape index (κ1) is 13.3. The Morgan fingerprint density at radius 2 is 2.00 bits per heavy atom. The summed E-state index contributed by atoms with van der Waals surface area (Å²) in [6.45, 7) is 4.17. The Morgan fingerprint density at radius 1 is 1.28 bits per heavy atom. The molecule has 0 aliphatic heterocycles. The van der Waals surface area contributed by atoms with Crippen LogP contribution in [0.3, 0.4) is 0 Å². The van der Waals surface area contributed by atoms with E-state index in [0.29, 0.717) is 5.41 Å². The third kappa shape index (κ3) is 3.42. The molecule has 100 valence electrons. The zero-order valence-electron chi connectivity index (χ0n) is 11.7. The van der Waals surface area contributed by atoms with Crippen molar-refractivity contribution in [2.24, 2.45) is 5.41 Å². The lowest BCUT2D eigenvalue weighted by Crippen LogP contribution is -2.37. The van der Waals surface area contributed by atoms with E-state index in [0.717, 1.165) is 24.6 Å². The minimum Gasteiger partial charge on any atom is -0.369 e. The molecule has 1 fully saturated rings. The number of rotatable bonds is 5. The summed E-state index contributed by atoms with van der Waals surface area (Å²) in [7, 11) is 4.32. The molecule has 1 aromatic heterocycles. The second kappa shape index (κ2) is 5.65. The maximum absolute atomic E-state index is 4.27. The Hall–Kier alpha value is -1.16. The van der Waals surface area contributed by atoms with Gasteiger partial charge in [0.2, 0.25) is 0 Å². The van der Waals surface area contributed by atoms with Crippen LogP contribution >= 0.6 is 0 Å². The number of nitrogens with one attached hydrogen (secondary N) is 1. The average molecular weight is 248 g/mol. The van der Waals surface area contributed by atoms with E-state index in [1.807, 2.05) is 13.0 Å². The van der Waals surface area contributed by atoms with Gasteiger partial charge in [0.1, 0.15) is 12.1 Å². The Balaban J connectivity index is 1.97. The molecule has 0 bridgehead atoms. The lowest BCUT2D eigenvalue weighted by Gasteiger charge is -2.32. The number of nitrogens with zero attached hydrogens (tertiary/aromatic N) is 3. The molecular weight excluding hydrogens is 224 g/mol. The molecule has 1 aromatic rings. The number of hydrogen-bond donors (Lipinski definition) is 1. The van der Waals surface area contributed by atoms with E-state index in [2.05, 4.69) is 34.3 Å². The fourth-order valence-corrected chi connectivity index (χ4v) is 3.02. The first-order chi connectivity index (χ1) is 8.60. The molecular formula is C14H24N4. The molecule has 0 atom stereocenters. The maximum Gasteiger partial charge on any atom is 0.129 e. The number of aromatic nitrogens is 2. The zero-order chi connectivity index (χ0) is 13.0. The van der Waals surface area contributed by atoms with Crippen molar-refractivity contribution >= 4 is 5.82 Å². The third-order valence-corrected chi connectivity index (χ3v) is 3.76. The summed E-state index contributed by atoms with van der Waals surface area (Å²) < 4.78 is 0. The van der Waals surface area contributed by atoms with E-state index in [1.165, 1.54) is 25.7 Å². The van der Waals surface area contributed by atoms with Crippen molar-refractivity contribution in [3.05, 3.63) is 18.1 Å². The van der Waals surface area contributed by atoms with Gasteiger partial charge in [-0.05, 0) is 33.9 Å². The number of aryl methyl sites for hydroxylation is 1. The normalized spacial score (nSPS) is 18.2. The van der Waals surface area contributed by atoms with Gasteiger partial charge in [-0.25, -0.2) is 9.97 Å². The molecule has 1 aliphatic rings. The van der Waals surface area contributed by atoms with Crippen LogP contribution in [0.15, 0.2) is 12.4 Å². The van der Waals surface area contributed by atoms with Crippen molar-refractivity contribution in [1.82, 2.24) is 14.9 Å². The van der Waals surface area contributed by atoms with Gasteiger partial charge >= 0.3 is 0 Å². The quantitative estimate of drug-likeness (QED) is 0.868. The van der Waals surface area contributed by atoms with Crippen LogP contribution in [0, 0.1) is 12.3 Å². The Morgan fingerprint density at radius 3 is 2.61 bits per heavy atom. The van der Waals surface area contributed by atoms with Gasteiger partial charge < -0.3 is 10.2 Å². The van der Waals surface area contributed by atoms with E-state index in [-0.39, 0.29) is 0 Å². The van der Waals surface area contributed by atoms with Crippen LogP contribution < -0.4 is 5.32 Å². The van der Waals surface area contributed by atoms with Crippen LogP contribution in [-0.4, -0.2) is 42.1 Å². The third-order valence-electron chi connectivity index (χ3n) is 3.76. The molecule has 1 heterocycles. The SMILES string of the molecule is Cc1cc(NCC2(CN(C)C)CCCC2)ncn1. The molecule has 4 nitrogen and oxygen atoms in total. The predicted molar refractivity (Wildman–Crippen MR) is 74.7 cm³/mol. The summed E-state index contributed by atoms with van der Waals surface area (Å²) in [6.07, 6.45) is 6.99. The smallest absolute Gasteiger partial charge is 0.129 e. The molecule has 4 heteroatoms. The van der Waals surface area contributed by atoms with Crippen molar-refractivity contribution in [1.29, 1.82) is 0 Å². The largest absolute Gasteiger partial charge is 0.369 e. The van der Waals surface area contributed by atoms with Gasteiger partial charge in [0.25, 0.3) is 0 Å². The molecule has 2 rings (SSSR count). The lowest BCUT2D eigenvalue weighted by molar-refractivity contribution is 0.215.